The Morgan fingerprint density at radius 1 is 0.949 bits per heavy atom. The van der Waals surface area contributed by atoms with Gasteiger partial charge in [-0.2, -0.15) is 0 Å². The maximum absolute atomic E-state index is 15.2. The van der Waals surface area contributed by atoms with Crippen molar-refractivity contribution in [1.29, 1.82) is 0 Å². The van der Waals surface area contributed by atoms with E-state index in [4.69, 9.17) is 14.2 Å². The molecule has 0 saturated carbocycles. The Morgan fingerprint density at radius 2 is 1.69 bits per heavy atom. The van der Waals surface area contributed by atoms with Crippen molar-refractivity contribution in [3.8, 4) is 22.6 Å². The minimum absolute atomic E-state index is 0.0993. The molecule has 5 rings (SSSR count). The van der Waals surface area contributed by atoms with E-state index in [-0.39, 0.29) is 17.9 Å². The van der Waals surface area contributed by atoms with Crippen molar-refractivity contribution in [2.75, 3.05) is 27.4 Å². The summed E-state index contributed by atoms with van der Waals surface area (Å²) in [5, 5.41) is 2.92. The van der Waals surface area contributed by atoms with Gasteiger partial charge in [0.2, 0.25) is 0 Å². The van der Waals surface area contributed by atoms with Gasteiger partial charge in [-0.25, -0.2) is 14.0 Å². The molecular formula is C31H31FN2O5. The van der Waals surface area contributed by atoms with E-state index in [1.54, 1.807) is 42.3 Å². The van der Waals surface area contributed by atoms with Crippen molar-refractivity contribution < 1.29 is 28.2 Å². The predicted octanol–water partition coefficient (Wildman–Crippen LogP) is 5.45. The number of methoxy groups -OCH3 is 2. The lowest BCUT2D eigenvalue weighted by Gasteiger charge is -2.37. The largest absolute Gasteiger partial charge is 0.497 e. The van der Waals surface area contributed by atoms with Gasteiger partial charge in [0.1, 0.15) is 23.9 Å². The molecule has 3 aromatic rings. The molecule has 1 N–H and O–H groups in total. The number of carbonyl (C=O) groups excluding carboxylic acids is 2. The zero-order valence-electron chi connectivity index (χ0n) is 22.0. The van der Waals surface area contributed by atoms with Gasteiger partial charge in [-0.05, 0) is 66.3 Å². The molecule has 0 aromatic heterocycles. The topological polar surface area (TPSA) is 77.1 Å². The fourth-order valence-corrected chi connectivity index (χ4v) is 5.51. The number of nitrogens with one attached hydrogen (secondary N) is 1. The fraction of sp³-hybridized carbons (Fsp3) is 0.290. The number of esters is 1. The Labute approximate surface area is 227 Å². The average Bonchev–Trinajstić information content (AvgIpc) is 3.28. The molecule has 0 radical (unpaired) electrons. The van der Waals surface area contributed by atoms with Crippen LogP contribution in [0.3, 0.4) is 0 Å². The van der Waals surface area contributed by atoms with Crippen molar-refractivity contribution in [3.05, 3.63) is 89.8 Å². The van der Waals surface area contributed by atoms with Gasteiger partial charge in [-0.1, -0.05) is 42.5 Å². The SMILES string of the molecule is COC(=O)C1=C(c2ccc(-c3ccccc3)c(F)c2)CC2CCC1N2C(=O)NCCOc1ccc(OC)cc1. The van der Waals surface area contributed by atoms with E-state index in [2.05, 4.69) is 5.32 Å². The Kier molecular flexibility index (Phi) is 7.81. The summed E-state index contributed by atoms with van der Waals surface area (Å²) in [5.74, 6) is 0.553. The van der Waals surface area contributed by atoms with Crippen LogP contribution in [0, 0.1) is 5.82 Å². The molecule has 39 heavy (non-hydrogen) atoms. The zero-order chi connectivity index (χ0) is 27.4. The van der Waals surface area contributed by atoms with Crippen molar-refractivity contribution >= 4 is 17.6 Å². The van der Waals surface area contributed by atoms with Gasteiger partial charge in [0, 0.05) is 11.6 Å². The quantitative estimate of drug-likeness (QED) is 0.310. The van der Waals surface area contributed by atoms with Crippen LogP contribution in [-0.4, -0.2) is 56.4 Å². The normalized spacial score (nSPS) is 18.1. The van der Waals surface area contributed by atoms with Crippen molar-refractivity contribution in [2.24, 2.45) is 0 Å². The number of carbonyl (C=O) groups is 2. The van der Waals surface area contributed by atoms with Gasteiger partial charge >= 0.3 is 12.0 Å². The Hall–Kier alpha value is -4.33. The van der Waals surface area contributed by atoms with Crippen molar-refractivity contribution in [3.63, 3.8) is 0 Å². The maximum Gasteiger partial charge on any atom is 0.336 e. The molecule has 1 saturated heterocycles. The summed E-state index contributed by atoms with van der Waals surface area (Å²) in [6.07, 6.45) is 1.83. The summed E-state index contributed by atoms with van der Waals surface area (Å²) in [7, 11) is 2.93. The number of amides is 2. The standard InChI is InChI=1S/C31H31FN2O5/c1-37-23-10-12-24(13-11-23)39-17-16-33-31(36)34-22-9-15-28(34)29(30(35)38-2)26(19-22)21-8-14-25(27(32)18-21)20-6-4-3-5-7-20/h3-8,10-14,18,22,28H,9,15-17,19H2,1-2H3,(H,33,36). The predicted molar refractivity (Wildman–Crippen MR) is 146 cm³/mol. The number of fused-ring (bicyclic) bond motifs is 2. The number of ether oxygens (including phenoxy) is 3. The third kappa shape index (κ3) is 5.46. The maximum atomic E-state index is 15.2. The summed E-state index contributed by atoms with van der Waals surface area (Å²) >= 11 is 0. The summed E-state index contributed by atoms with van der Waals surface area (Å²) in [6, 6.07) is 20.8. The Bertz CT molecular complexity index is 1370. The highest BCUT2D eigenvalue weighted by atomic mass is 19.1. The summed E-state index contributed by atoms with van der Waals surface area (Å²) < 4.78 is 31.2. The minimum atomic E-state index is -0.497. The number of urea groups is 1. The van der Waals surface area contributed by atoms with Gasteiger partial charge in [0.05, 0.1) is 32.4 Å². The number of benzene rings is 3. The smallest absolute Gasteiger partial charge is 0.336 e. The van der Waals surface area contributed by atoms with Crippen LogP contribution < -0.4 is 14.8 Å². The number of hydrogen-bond acceptors (Lipinski definition) is 5. The van der Waals surface area contributed by atoms with Crippen LogP contribution in [0.25, 0.3) is 16.7 Å². The molecule has 1 fully saturated rings. The van der Waals surface area contributed by atoms with Crippen LogP contribution in [0.4, 0.5) is 9.18 Å². The molecule has 2 heterocycles. The van der Waals surface area contributed by atoms with Crippen LogP contribution >= 0.6 is 0 Å². The highest BCUT2D eigenvalue weighted by molar-refractivity contribution is 6.01. The first-order valence-electron chi connectivity index (χ1n) is 13.0. The lowest BCUT2D eigenvalue weighted by atomic mass is 9.87. The first kappa shape index (κ1) is 26.3. The summed E-state index contributed by atoms with van der Waals surface area (Å²) in [5.41, 5.74) is 3.07. The highest BCUT2D eigenvalue weighted by Gasteiger charge is 2.46. The summed E-state index contributed by atoms with van der Waals surface area (Å²) in [6.45, 7) is 0.594. The minimum Gasteiger partial charge on any atom is -0.497 e. The summed E-state index contributed by atoms with van der Waals surface area (Å²) in [4.78, 5) is 27.9. The first-order chi connectivity index (χ1) is 19.0. The van der Waals surface area contributed by atoms with E-state index in [1.165, 1.54) is 13.2 Å². The second-order valence-corrected chi connectivity index (χ2v) is 9.56. The molecule has 3 aromatic carbocycles. The van der Waals surface area contributed by atoms with Gasteiger partial charge in [0.15, 0.2) is 0 Å². The number of rotatable bonds is 8. The van der Waals surface area contributed by atoms with Gasteiger partial charge in [0.25, 0.3) is 0 Å². The monoisotopic (exact) mass is 530 g/mol. The zero-order valence-corrected chi connectivity index (χ0v) is 22.0. The number of hydrogen-bond donors (Lipinski definition) is 1. The van der Waals surface area contributed by atoms with Crippen LogP contribution in [0.5, 0.6) is 11.5 Å². The lowest BCUT2D eigenvalue weighted by Crippen LogP contribution is -2.51. The van der Waals surface area contributed by atoms with Crippen LogP contribution in [-0.2, 0) is 9.53 Å². The molecule has 0 aliphatic carbocycles. The number of halogens is 1. The molecule has 0 spiro atoms. The highest BCUT2D eigenvalue weighted by Crippen LogP contribution is 2.44. The molecule has 2 bridgehead atoms. The molecule has 2 amide bonds. The van der Waals surface area contributed by atoms with E-state index in [9.17, 15) is 9.59 Å². The lowest BCUT2D eigenvalue weighted by molar-refractivity contribution is -0.136. The third-order valence-corrected chi connectivity index (χ3v) is 7.35. The molecule has 202 valence electrons. The number of nitrogens with zero attached hydrogens (tertiary/aromatic N) is 1. The van der Waals surface area contributed by atoms with Gasteiger partial charge in [-0.15, -0.1) is 0 Å². The van der Waals surface area contributed by atoms with E-state index >= 15 is 4.39 Å². The van der Waals surface area contributed by atoms with Crippen LogP contribution in [0.2, 0.25) is 0 Å². The second kappa shape index (κ2) is 11.6. The first-order valence-corrected chi connectivity index (χ1v) is 13.0. The van der Waals surface area contributed by atoms with Crippen molar-refractivity contribution in [1.82, 2.24) is 10.2 Å². The molecule has 2 aliphatic rings. The van der Waals surface area contributed by atoms with Gasteiger partial charge < -0.3 is 24.4 Å². The van der Waals surface area contributed by atoms with Crippen LogP contribution in [0.15, 0.2) is 78.4 Å². The Balaban J connectivity index is 1.32. The Morgan fingerprint density at radius 3 is 2.38 bits per heavy atom. The van der Waals surface area contributed by atoms with E-state index < -0.39 is 12.0 Å². The molecule has 2 atom stereocenters. The van der Waals surface area contributed by atoms with E-state index in [0.29, 0.717) is 48.4 Å². The molecule has 8 heteroatoms. The van der Waals surface area contributed by atoms with E-state index in [1.807, 2.05) is 36.4 Å². The molecular weight excluding hydrogens is 499 g/mol. The fourth-order valence-electron chi connectivity index (χ4n) is 5.51. The van der Waals surface area contributed by atoms with Gasteiger partial charge in [-0.3, -0.25) is 0 Å². The molecule has 7 nitrogen and oxygen atoms in total. The van der Waals surface area contributed by atoms with Crippen molar-refractivity contribution in [2.45, 2.75) is 31.3 Å². The third-order valence-electron chi connectivity index (χ3n) is 7.35. The second-order valence-electron chi connectivity index (χ2n) is 9.56. The molecule has 2 unspecified atom stereocenters. The van der Waals surface area contributed by atoms with Crippen LogP contribution in [0.1, 0.15) is 24.8 Å². The van der Waals surface area contributed by atoms with E-state index in [0.717, 1.165) is 23.3 Å². The molecule has 2 aliphatic heterocycles. The average molecular weight is 531 g/mol.